The van der Waals surface area contributed by atoms with Gasteiger partial charge < -0.3 is 19.5 Å². The highest BCUT2D eigenvalue weighted by Gasteiger charge is 2.36. The summed E-state index contributed by atoms with van der Waals surface area (Å²) in [6.45, 7) is 0.352. The van der Waals surface area contributed by atoms with E-state index in [0.29, 0.717) is 12.3 Å². The first kappa shape index (κ1) is 24.6. The largest absolute Gasteiger partial charge is 0.497 e. The van der Waals surface area contributed by atoms with E-state index < -0.39 is 23.8 Å². The van der Waals surface area contributed by atoms with Crippen LogP contribution in [0.25, 0.3) is 5.00 Å². The summed E-state index contributed by atoms with van der Waals surface area (Å²) in [4.78, 5) is 17.0. The van der Waals surface area contributed by atoms with Gasteiger partial charge >= 0.3 is 12.2 Å². The summed E-state index contributed by atoms with van der Waals surface area (Å²) in [6.07, 6.45) is 1.78. The maximum atomic E-state index is 13.9. The number of alkyl halides is 3. The number of benzene rings is 2. The van der Waals surface area contributed by atoms with Crippen molar-refractivity contribution < 1.29 is 22.7 Å². The molecule has 1 aliphatic heterocycles. The number of anilines is 1. The van der Waals surface area contributed by atoms with Crippen LogP contribution in [0.15, 0.2) is 66.9 Å². The smallest absolute Gasteiger partial charge is 0.416 e. The molecule has 1 atom stereocenters. The van der Waals surface area contributed by atoms with Crippen molar-refractivity contribution in [3.63, 3.8) is 0 Å². The topological polar surface area (TPSA) is 46.5 Å². The molecule has 0 saturated carbocycles. The molecular weight excluding hydrogens is 511 g/mol. The summed E-state index contributed by atoms with van der Waals surface area (Å²) < 4.78 is 47.5. The molecule has 0 saturated heterocycles. The summed E-state index contributed by atoms with van der Waals surface area (Å²) in [5.41, 5.74) is 3.53. The number of fused-ring (bicyclic) bond motifs is 5. The molecule has 0 fully saturated rings. The van der Waals surface area contributed by atoms with Crippen LogP contribution < -0.4 is 10.1 Å². The molecule has 1 N–H and O–H groups in total. The molecular formula is C29H26F3N3O2S. The minimum atomic E-state index is -4.50. The number of thiophene rings is 1. The molecule has 6 rings (SSSR count). The summed E-state index contributed by atoms with van der Waals surface area (Å²) in [6, 6.07) is 15.4. The van der Waals surface area contributed by atoms with E-state index >= 15 is 0 Å². The van der Waals surface area contributed by atoms with Gasteiger partial charge in [0.15, 0.2) is 0 Å². The van der Waals surface area contributed by atoms with Crippen LogP contribution in [-0.2, 0) is 25.6 Å². The molecule has 1 aliphatic carbocycles. The Labute approximate surface area is 222 Å². The number of hydrogen-bond acceptors (Lipinski definition) is 3. The summed E-state index contributed by atoms with van der Waals surface area (Å²) in [5, 5.41) is 3.87. The van der Waals surface area contributed by atoms with Crippen LogP contribution in [0.2, 0.25) is 0 Å². The molecule has 5 nitrogen and oxygen atoms in total. The third-order valence-corrected chi connectivity index (χ3v) is 8.65. The number of urea groups is 1. The Morgan fingerprint density at radius 1 is 1.03 bits per heavy atom. The summed E-state index contributed by atoms with van der Waals surface area (Å²) in [7, 11) is 1.60. The van der Waals surface area contributed by atoms with Gasteiger partial charge in [0.05, 0.1) is 31.0 Å². The lowest BCUT2D eigenvalue weighted by atomic mass is 9.95. The number of carbonyl (C=O) groups excluding carboxylic acids is 1. The van der Waals surface area contributed by atoms with Crippen molar-refractivity contribution in [3.8, 4) is 10.8 Å². The number of aromatic nitrogens is 1. The summed E-state index contributed by atoms with van der Waals surface area (Å²) >= 11 is 1.78. The van der Waals surface area contributed by atoms with Crippen LogP contribution >= 0.6 is 11.3 Å². The van der Waals surface area contributed by atoms with E-state index in [-0.39, 0.29) is 5.69 Å². The van der Waals surface area contributed by atoms with Crippen LogP contribution in [0, 0.1) is 0 Å². The first-order chi connectivity index (χ1) is 18.3. The fraction of sp³-hybridized carbons (Fsp3) is 0.276. The number of nitrogens with one attached hydrogen (secondary N) is 1. The van der Waals surface area contributed by atoms with E-state index in [1.807, 2.05) is 42.6 Å². The molecule has 0 bridgehead atoms. The number of nitrogens with zero attached hydrogens (tertiary/aromatic N) is 2. The lowest BCUT2D eigenvalue weighted by Gasteiger charge is -2.31. The zero-order valence-corrected chi connectivity index (χ0v) is 21.5. The summed E-state index contributed by atoms with van der Waals surface area (Å²) in [5.74, 6) is 0.700. The number of hydrogen-bond donors (Lipinski definition) is 1. The van der Waals surface area contributed by atoms with Crippen LogP contribution in [0.3, 0.4) is 0 Å². The van der Waals surface area contributed by atoms with Gasteiger partial charge in [0.1, 0.15) is 10.8 Å². The normalized spacial score (nSPS) is 16.7. The molecule has 4 aromatic rings. The van der Waals surface area contributed by atoms with E-state index in [9.17, 15) is 18.0 Å². The number of ether oxygens (including phenoxy) is 1. The average Bonchev–Trinajstić information content (AvgIpc) is 3.50. The van der Waals surface area contributed by atoms with Crippen LogP contribution in [0.4, 0.5) is 23.7 Å². The molecule has 2 aromatic heterocycles. The molecule has 196 valence electrons. The van der Waals surface area contributed by atoms with Gasteiger partial charge in [-0.05, 0) is 79.3 Å². The first-order valence-electron chi connectivity index (χ1n) is 12.5. The molecule has 2 aliphatic rings. The highest BCUT2D eigenvalue weighted by Crippen LogP contribution is 2.44. The Morgan fingerprint density at radius 2 is 1.82 bits per heavy atom. The number of aryl methyl sites for hydroxylation is 1. The Kier molecular flexibility index (Phi) is 6.18. The Bertz CT molecular complexity index is 1490. The van der Waals surface area contributed by atoms with Crippen LogP contribution in [-0.4, -0.2) is 22.6 Å². The predicted octanol–water partition coefficient (Wildman–Crippen LogP) is 7.58. The van der Waals surface area contributed by atoms with Crippen LogP contribution in [0.5, 0.6) is 5.75 Å². The Balaban J connectivity index is 1.46. The zero-order valence-electron chi connectivity index (χ0n) is 20.7. The van der Waals surface area contributed by atoms with E-state index in [1.54, 1.807) is 23.3 Å². The number of halogens is 3. The third-order valence-electron chi connectivity index (χ3n) is 7.31. The minimum Gasteiger partial charge on any atom is -0.497 e. The van der Waals surface area contributed by atoms with Crippen molar-refractivity contribution in [1.82, 2.24) is 9.47 Å². The lowest BCUT2D eigenvalue weighted by Crippen LogP contribution is -2.38. The minimum absolute atomic E-state index is 0.102. The van der Waals surface area contributed by atoms with Gasteiger partial charge in [0.2, 0.25) is 0 Å². The number of carbonyl (C=O) groups is 1. The van der Waals surface area contributed by atoms with E-state index in [1.165, 1.54) is 22.6 Å². The Hall–Kier alpha value is -3.72. The lowest BCUT2D eigenvalue weighted by molar-refractivity contribution is -0.137. The average molecular weight is 538 g/mol. The monoisotopic (exact) mass is 537 g/mol. The SMILES string of the molecule is COc1ccc([C@H]2c3cccn3-c3sc4c(c3CN2C(=O)Nc2cccc(C(F)(F)F)c2)CCCC4)cc1. The van der Waals surface area contributed by atoms with Crippen molar-refractivity contribution in [2.75, 3.05) is 12.4 Å². The van der Waals surface area contributed by atoms with Gasteiger partial charge in [0, 0.05) is 22.3 Å². The molecule has 2 aromatic carbocycles. The second kappa shape index (κ2) is 9.54. The van der Waals surface area contributed by atoms with Crippen LogP contribution in [0.1, 0.15) is 51.7 Å². The predicted molar refractivity (Wildman–Crippen MR) is 141 cm³/mol. The first-order valence-corrected chi connectivity index (χ1v) is 13.3. The van der Waals surface area contributed by atoms with Gasteiger partial charge in [-0.1, -0.05) is 18.2 Å². The molecule has 38 heavy (non-hydrogen) atoms. The second-order valence-corrected chi connectivity index (χ2v) is 10.7. The van der Waals surface area contributed by atoms with Crippen molar-refractivity contribution >= 4 is 23.1 Å². The van der Waals surface area contributed by atoms with E-state index in [0.717, 1.165) is 59.6 Å². The van der Waals surface area contributed by atoms with E-state index in [4.69, 9.17) is 4.74 Å². The van der Waals surface area contributed by atoms with Crippen molar-refractivity contribution in [2.24, 2.45) is 0 Å². The van der Waals surface area contributed by atoms with Gasteiger partial charge in [-0.15, -0.1) is 11.3 Å². The maximum absolute atomic E-state index is 13.9. The molecule has 0 spiro atoms. The maximum Gasteiger partial charge on any atom is 0.416 e. The fourth-order valence-corrected chi connectivity index (χ4v) is 6.90. The number of amides is 2. The molecule has 2 amide bonds. The highest BCUT2D eigenvalue weighted by molar-refractivity contribution is 7.15. The Morgan fingerprint density at radius 3 is 2.58 bits per heavy atom. The quantitative estimate of drug-likeness (QED) is 0.293. The highest BCUT2D eigenvalue weighted by atomic mass is 32.1. The van der Waals surface area contributed by atoms with Gasteiger partial charge in [-0.25, -0.2) is 4.79 Å². The molecule has 9 heteroatoms. The number of rotatable bonds is 3. The molecule has 0 unspecified atom stereocenters. The molecule has 0 radical (unpaired) electrons. The van der Waals surface area contributed by atoms with Gasteiger partial charge in [-0.3, -0.25) is 0 Å². The van der Waals surface area contributed by atoms with Crippen molar-refractivity contribution in [3.05, 3.63) is 99.7 Å². The van der Waals surface area contributed by atoms with Gasteiger partial charge in [-0.2, -0.15) is 13.2 Å². The zero-order chi connectivity index (χ0) is 26.4. The standard InChI is InChI=1S/C29H26F3N3O2S/c1-37-21-13-11-18(12-14-21)26-24-9-5-15-34(24)27-23(22-8-2-3-10-25(22)38-27)17-35(26)28(36)33-20-7-4-6-19(16-20)29(30,31)32/h4-7,9,11-16,26H,2-3,8,10,17H2,1H3,(H,33,36)/t26-/m0/s1. The third kappa shape index (κ3) is 4.34. The van der Waals surface area contributed by atoms with Crippen molar-refractivity contribution in [1.29, 1.82) is 0 Å². The van der Waals surface area contributed by atoms with Crippen molar-refractivity contribution in [2.45, 2.75) is 44.4 Å². The second-order valence-electron chi connectivity index (χ2n) is 9.61. The van der Waals surface area contributed by atoms with E-state index in [2.05, 4.69) is 9.88 Å². The van der Waals surface area contributed by atoms with Gasteiger partial charge in [0.25, 0.3) is 0 Å². The molecule has 3 heterocycles. The number of methoxy groups -OCH3 is 1. The fourth-order valence-electron chi connectivity index (χ4n) is 5.49.